The summed E-state index contributed by atoms with van der Waals surface area (Å²) in [4.78, 5) is 50.1. The minimum Gasteiger partial charge on any atom is -0.454 e. The lowest BCUT2D eigenvalue weighted by atomic mass is 9.73. The Hall–Kier alpha value is -2.12. The van der Waals surface area contributed by atoms with Crippen molar-refractivity contribution in [3.8, 4) is 0 Å². The first-order chi connectivity index (χ1) is 13.3. The van der Waals surface area contributed by atoms with E-state index < -0.39 is 30.7 Å². The van der Waals surface area contributed by atoms with E-state index in [1.807, 2.05) is 6.92 Å². The Kier molecular flexibility index (Phi) is 6.25. The third kappa shape index (κ3) is 4.31. The van der Waals surface area contributed by atoms with Crippen molar-refractivity contribution in [1.82, 2.24) is 15.5 Å². The molecule has 2 N–H and O–H groups in total. The van der Waals surface area contributed by atoms with Crippen molar-refractivity contribution < 1.29 is 23.9 Å². The van der Waals surface area contributed by atoms with E-state index in [9.17, 15) is 19.2 Å². The lowest BCUT2D eigenvalue weighted by Crippen LogP contribution is -2.54. The van der Waals surface area contributed by atoms with Gasteiger partial charge in [-0.3, -0.25) is 19.3 Å². The fourth-order valence-electron chi connectivity index (χ4n) is 4.63. The SMILES string of the molecule is CC1CCC(NC(=O)COC(=O)CN2C(=O)N[C@@]3(CCCC[C@H]3C)C2=O)CC1. The summed E-state index contributed by atoms with van der Waals surface area (Å²) >= 11 is 0. The van der Waals surface area contributed by atoms with Crippen LogP contribution in [0.4, 0.5) is 4.79 Å². The van der Waals surface area contributed by atoms with Gasteiger partial charge in [-0.1, -0.05) is 26.7 Å². The number of amides is 4. The molecule has 3 fully saturated rings. The van der Waals surface area contributed by atoms with Crippen LogP contribution in [0.5, 0.6) is 0 Å². The van der Waals surface area contributed by atoms with Crippen molar-refractivity contribution in [1.29, 1.82) is 0 Å². The fourth-order valence-corrected chi connectivity index (χ4v) is 4.63. The van der Waals surface area contributed by atoms with E-state index >= 15 is 0 Å². The highest BCUT2D eigenvalue weighted by Crippen LogP contribution is 2.38. The molecule has 1 saturated heterocycles. The molecule has 3 aliphatic rings. The molecule has 1 aliphatic heterocycles. The monoisotopic (exact) mass is 393 g/mol. The maximum Gasteiger partial charge on any atom is 0.326 e. The molecule has 0 radical (unpaired) electrons. The molecule has 0 bridgehead atoms. The van der Waals surface area contributed by atoms with Crippen LogP contribution in [-0.2, 0) is 19.1 Å². The minimum atomic E-state index is -0.898. The molecule has 156 valence electrons. The fraction of sp³-hybridized carbons (Fsp3) is 0.800. The number of urea groups is 1. The second-order valence-electron chi connectivity index (χ2n) is 8.62. The van der Waals surface area contributed by atoms with E-state index in [1.165, 1.54) is 0 Å². The summed E-state index contributed by atoms with van der Waals surface area (Å²) < 4.78 is 5.00. The first-order valence-corrected chi connectivity index (χ1v) is 10.4. The van der Waals surface area contributed by atoms with Gasteiger partial charge in [-0.05, 0) is 50.4 Å². The van der Waals surface area contributed by atoms with Gasteiger partial charge in [-0.25, -0.2) is 4.79 Å². The Morgan fingerprint density at radius 1 is 1.14 bits per heavy atom. The molecule has 2 atom stereocenters. The van der Waals surface area contributed by atoms with Crippen molar-refractivity contribution in [2.75, 3.05) is 13.2 Å². The van der Waals surface area contributed by atoms with E-state index in [0.29, 0.717) is 12.3 Å². The van der Waals surface area contributed by atoms with Gasteiger partial charge >= 0.3 is 12.0 Å². The van der Waals surface area contributed by atoms with Crippen molar-refractivity contribution in [2.24, 2.45) is 11.8 Å². The zero-order valence-electron chi connectivity index (χ0n) is 16.8. The molecule has 0 aromatic carbocycles. The minimum absolute atomic E-state index is 0.0303. The number of hydrogen-bond acceptors (Lipinski definition) is 5. The zero-order valence-corrected chi connectivity index (χ0v) is 16.8. The van der Waals surface area contributed by atoms with Crippen LogP contribution in [0.1, 0.15) is 65.2 Å². The Morgan fingerprint density at radius 3 is 2.54 bits per heavy atom. The van der Waals surface area contributed by atoms with Gasteiger partial charge in [0, 0.05) is 6.04 Å². The molecule has 28 heavy (non-hydrogen) atoms. The number of ether oxygens (including phenoxy) is 1. The van der Waals surface area contributed by atoms with E-state index in [0.717, 1.165) is 49.8 Å². The number of esters is 1. The van der Waals surface area contributed by atoms with Gasteiger partial charge < -0.3 is 15.4 Å². The summed E-state index contributed by atoms with van der Waals surface area (Å²) in [6, 6.07) is -0.433. The summed E-state index contributed by atoms with van der Waals surface area (Å²) in [5.74, 6) is -0.741. The number of carbonyl (C=O) groups is 4. The number of nitrogens with zero attached hydrogens (tertiary/aromatic N) is 1. The van der Waals surface area contributed by atoms with Crippen molar-refractivity contribution in [2.45, 2.75) is 76.8 Å². The molecule has 3 rings (SSSR count). The Morgan fingerprint density at radius 2 is 1.86 bits per heavy atom. The van der Waals surface area contributed by atoms with Gasteiger partial charge in [0.15, 0.2) is 6.61 Å². The quantitative estimate of drug-likeness (QED) is 0.547. The van der Waals surface area contributed by atoms with Crippen molar-refractivity contribution in [3.05, 3.63) is 0 Å². The number of carbonyl (C=O) groups excluding carboxylic acids is 4. The standard InChI is InChI=1S/C20H31N3O5/c1-13-6-8-15(9-7-13)21-16(24)12-28-17(25)11-23-18(26)20(22-19(23)27)10-4-3-5-14(20)2/h13-15H,3-12H2,1-2H3,(H,21,24)(H,22,27)/t13?,14-,15?,20-/m1/s1. The summed E-state index contributed by atoms with van der Waals surface area (Å²) in [6.07, 6.45) is 7.39. The summed E-state index contributed by atoms with van der Waals surface area (Å²) in [7, 11) is 0. The highest BCUT2D eigenvalue weighted by molar-refractivity contribution is 6.09. The molecule has 2 saturated carbocycles. The first-order valence-electron chi connectivity index (χ1n) is 10.4. The van der Waals surface area contributed by atoms with Crippen LogP contribution in [0.3, 0.4) is 0 Å². The van der Waals surface area contributed by atoms with Crippen LogP contribution >= 0.6 is 0 Å². The highest BCUT2D eigenvalue weighted by Gasteiger charge is 2.55. The normalized spacial score (nSPS) is 32.9. The van der Waals surface area contributed by atoms with Gasteiger partial charge in [0.25, 0.3) is 11.8 Å². The number of nitrogens with one attached hydrogen (secondary N) is 2. The molecule has 1 heterocycles. The largest absolute Gasteiger partial charge is 0.454 e. The van der Waals surface area contributed by atoms with Crippen LogP contribution in [0, 0.1) is 11.8 Å². The van der Waals surface area contributed by atoms with Crippen LogP contribution in [0.2, 0.25) is 0 Å². The lowest BCUT2D eigenvalue weighted by molar-refractivity contribution is -0.151. The molecule has 8 nitrogen and oxygen atoms in total. The Balaban J connectivity index is 1.46. The average molecular weight is 393 g/mol. The Bertz CT molecular complexity index is 644. The van der Waals surface area contributed by atoms with Crippen LogP contribution in [-0.4, -0.2) is 53.4 Å². The third-order valence-corrected chi connectivity index (χ3v) is 6.53. The zero-order chi connectivity index (χ0) is 20.3. The number of hydrogen-bond donors (Lipinski definition) is 2. The smallest absolute Gasteiger partial charge is 0.326 e. The van der Waals surface area contributed by atoms with Gasteiger partial charge in [0.05, 0.1) is 0 Å². The third-order valence-electron chi connectivity index (χ3n) is 6.53. The van der Waals surface area contributed by atoms with Gasteiger partial charge in [0.1, 0.15) is 12.1 Å². The molecule has 2 aliphatic carbocycles. The maximum atomic E-state index is 12.8. The second kappa shape index (κ2) is 8.49. The van der Waals surface area contributed by atoms with Gasteiger partial charge in [-0.2, -0.15) is 0 Å². The number of imide groups is 1. The van der Waals surface area contributed by atoms with E-state index in [-0.39, 0.29) is 23.8 Å². The molecule has 0 unspecified atom stereocenters. The van der Waals surface area contributed by atoms with E-state index in [4.69, 9.17) is 4.74 Å². The van der Waals surface area contributed by atoms with Crippen LogP contribution in [0.15, 0.2) is 0 Å². The average Bonchev–Trinajstić information content (AvgIpc) is 2.89. The lowest BCUT2D eigenvalue weighted by Gasteiger charge is -2.36. The topological polar surface area (TPSA) is 105 Å². The number of rotatable bonds is 5. The van der Waals surface area contributed by atoms with E-state index in [2.05, 4.69) is 17.6 Å². The Labute approximate surface area is 165 Å². The van der Waals surface area contributed by atoms with Crippen LogP contribution < -0.4 is 10.6 Å². The summed E-state index contributed by atoms with van der Waals surface area (Å²) in [5.41, 5.74) is -0.898. The molecule has 4 amide bonds. The first kappa shape index (κ1) is 20.6. The molecule has 1 spiro atoms. The summed E-state index contributed by atoms with van der Waals surface area (Å²) in [5, 5.41) is 5.68. The van der Waals surface area contributed by atoms with Crippen LogP contribution in [0.25, 0.3) is 0 Å². The summed E-state index contributed by atoms with van der Waals surface area (Å²) in [6.45, 7) is 3.30. The molecular weight excluding hydrogens is 362 g/mol. The highest BCUT2D eigenvalue weighted by atomic mass is 16.5. The van der Waals surface area contributed by atoms with Crippen molar-refractivity contribution >= 4 is 23.8 Å². The molecule has 0 aromatic heterocycles. The van der Waals surface area contributed by atoms with Gasteiger partial charge in [0.2, 0.25) is 0 Å². The molecular formula is C20H31N3O5. The maximum absolute atomic E-state index is 12.8. The predicted octanol–water partition coefficient (Wildman–Crippen LogP) is 1.73. The molecule has 8 heteroatoms. The van der Waals surface area contributed by atoms with E-state index in [1.54, 1.807) is 0 Å². The van der Waals surface area contributed by atoms with Crippen molar-refractivity contribution in [3.63, 3.8) is 0 Å². The van der Waals surface area contributed by atoms with Gasteiger partial charge in [-0.15, -0.1) is 0 Å². The second-order valence-corrected chi connectivity index (χ2v) is 8.62. The predicted molar refractivity (Wildman–Crippen MR) is 101 cm³/mol. The molecule has 0 aromatic rings.